The SMILES string of the molecule is CN(CC(=O)Nc1ccc(Cl)c(C(F)(F)F)c1)Cc1nc(C2CC2)no1. The minimum atomic E-state index is -4.59. The molecule has 6 nitrogen and oxygen atoms in total. The number of nitrogens with one attached hydrogen (secondary N) is 1. The third-order valence-electron chi connectivity index (χ3n) is 3.80. The van der Waals surface area contributed by atoms with E-state index in [2.05, 4.69) is 15.5 Å². The van der Waals surface area contributed by atoms with Crippen molar-refractivity contribution in [2.24, 2.45) is 0 Å². The minimum Gasteiger partial charge on any atom is -0.338 e. The highest BCUT2D eigenvalue weighted by atomic mass is 35.5. The number of amides is 1. The fourth-order valence-corrected chi connectivity index (χ4v) is 2.62. The Balaban J connectivity index is 1.56. The van der Waals surface area contributed by atoms with Crippen LogP contribution >= 0.6 is 11.6 Å². The van der Waals surface area contributed by atoms with Crippen LogP contribution in [0.4, 0.5) is 18.9 Å². The molecule has 3 rings (SSSR count). The molecule has 0 spiro atoms. The lowest BCUT2D eigenvalue weighted by Gasteiger charge is -2.15. The van der Waals surface area contributed by atoms with Crippen LogP contribution in [-0.2, 0) is 17.5 Å². The van der Waals surface area contributed by atoms with Gasteiger partial charge in [-0.3, -0.25) is 9.69 Å². The lowest BCUT2D eigenvalue weighted by Crippen LogP contribution is -2.30. The van der Waals surface area contributed by atoms with Gasteiger partial charge in [0.25, 0.3) is 0 Å². The van der Waals surface area contributed by atoms with Crippen molar-refractivity contribution in [2.75, 3.05) is 18.9 Å². The first kappa shape index (κ1) is 18.7. The van der Waals surface area contributed by atoms with Gasteiger partial charge in [-0.05, 0) is 38.1 Å². The molecule has 1 fully saturated rings. The zero-order valence-corrected chi connectivity index (χ0v) is 14.6. The largest absolute Gasteiger partial charge is 0.417 e. The van der Waals surface area contributed by atoms with E-state index in [0.29, 0.717) is 17.6 Å². The molecule has 10 heteroatoms. The molecule has 0 radical (unpaired) electrons. The summed E-state index contributed by atoms with van der Waals surface area (Å²) in [4.78, 5) is 17.9. The Bertz CT molecular complexity index is 805. The summed E-state index contributed by atoms with van der Waals surface area (Å²) in [7, 11) is 1.67. The summed E-state index contributed by atoms with van der Waals surface area (Å²) in [6, 6.07) is 3.22. The predicted octanol–water partition coefficient (Wildman–Crippen LogP) is 3.69. The van der Waals surface area contributed by atoms with E-state index in [-0.39, 0.29) is 18.8 Å². The van der Waals surface area contributed by atoms with E-state index in [1.54, 1.807) is 11.9 Å². The number of nitrogens with zero attached hydrogens (tertiary/aromatic N) is 3. The lowest BCUT2D eigenvalue weighted by atomic mass is 10.2. The first-order valence-corrected chi connectivity index (χ1v) is 8.28. The molecule has 1 aliphatic carbocycles. The van der Waals surface area contributed by atoms with Gasteiger partial charge in [-0.25, -0.2) is 0 Å². The van der Waals surface area contributed by atoms with Gasteiger partial charge in [0.05, 0.1) is 23.7 Å². The van der Waals surface area contributed by atoms with Gasteiger partial charge in [0.15, 0.2) is 5.82 Å². The van der Waals surface area contributed by atoms with Gasteiger partial charge >= 0.3 is 6.18 Å². The quantitative estimate of drug-likeness (QED) is 0.817. The molecule has 1 heterocycles. The highest BCUT2D eigenvalue weighted by Gasteiger charge is 2.33. The molecular weight excluding hydrogens is 373 g/mol. The summed E-state index contributed by atoms with van der Waals surface area (Å²) in [5, 5.41) is 5.89. The van der Waals surface area contributed by atoms with Gasteiger partial charge in [0.2, 0.25) is 11.8 Å². The third-order valence-corrected chi connectivity index (χ3v) is 4.13. The maximum Gasteiger partial charge on any atom is 0.417 e. The lowest BCUT2D eigenvalue weighted by molar-refractivity contribution is -0.137. The molecule has 1 amide bonds. The average Bonchev–Trinajstić information content (AvgIpc) is 3.28. The topological polar surface area (TPSA) is 71.3 Å². The van der Waals surface area contributed by atoms with Crippen molar-refractivity contribution in [1.82, 2.24) is 15.0 Å². The normalized spacial score (nSPS) is 14.7. The van der Waals surface area contributed by atoms with Crippen LogP contribution in [0, 0.1) is 0 Å². The Morgan fingerprint density at radius 1 is 1.42 bits per heavy atom. The van der Waals surface area contributed by atoms with Crippen LogP contribution in [0.2, 0.25) is 5.02 Å². The van der Waals surface area contributed by atoms with Crippen LogP contribution in [0.1, 0.15) is 36.0 Å². The predicted molar refractivity (Wildman–Crippen MR) is 87.7 cm³/mol. The van der Waals surface area contributed by atoms with Gasteiger partial charge < -0.3 is 9.84 Å². The fourth-order valence-electron chi connectivity index (χ4n) is 2.39. The highest BCUT2D eigenvalue weighted by Crippen LogP contribution is 2.38. The van der Waals surface area contributed by atoms with Crippen molar-refractivity contribution in [2.45, 2.75) is 31.5 Å². The van der Waals surface area contributed by atoms with Gasteiger partial charge in [-0.2, -0.15) is 18.2 Å². The smallest absolute Gasteiger partial charge is 0.338 e. The molecule has 26 heavy (non-hydrogen) atoms. The second kappa shape index (κ2) is 7.24. The van der Waals surface area contributed by atoms with Crippen molar-refractivity contribution >= 4 is 23.2 Å². The molecule has 1 aromatic carbocycles. The van der Waals surface area contributed by atoms with Gasteiger partial charge in [0, 0.05) is 11.6 Å². The molecule has 1 saturated carbocycles. The van der Waals surface area contributed by atoms with Crippen LogP contribution in [0.3, 0.4) is 0 Å². The van der Waals surface area contributed by atoms with Crippen molar-refractivity contribution in [3.8, 4) is 0 Å². The summed E-state index contributed by atoms with van der Waals surface area (Å²) in [6.07, 6.45) is -2.48. The summed E-state index contributed by atoms with van der Waals surface area (Å²) in [5.41, 5.74) is -0.974. The molecule has 0 bridgehead atoms. The third kappa shape index (κ3) is 4.73. The highest BCUT2D eigenvalue weighted by molar-refractivity contribution is 6.31. The molecule has 1 aliphatic rings. The number of carbonyl (C=O) groups excluding carboxylic acids is 1. The molecular formula is C16H16ClF3N4O2. The van der Waals surface area contributed by atoms with Crippen molar-refractivity contribution < 1.29 is 22.5 Å². The van der Waals surface area contributed by atoms with E-state index in [1.807, 2.05) is 0 Å². The number of hydrogen-bond donors (Lipinski definition) is 1. The molecule has 140 valence electrons. The number of rotatable bonds is 6. The number of alkyl halides is 3. The number of anilines is 1. The Morgan fingerprint density at radius 3 is 2.81 bits per heavy atom. The number of aromatic nitrogens is 2. The van der Waals surface area contributed by atoms with Crippen LogP contribution in [0.5, 0.6) is 0 Å². The van der Waals surface area contributed by atoms with Crippen molar-refractivity contribution in [3.05, 3.63) is 40.5 Å². The number of likely N-dealkylation sites (N-methyl/N-ethyl adjacent to an activating group) is 1. The molecule has 0 atom stereocenters. The summed E-state index contributed by atoms with van der Waals surface area (Å²) < 4.78 is 43.7. The standard InChI is InChI=1S/C16H16ClF3N4O2/c1-24(8-14-22-15(23-26-14)9-2-3-9)7-13(25)21-10-4-5-12(17)11(6-10)16(18,19)20/h4-6,9H,2-3,7-8H2,1H3,(H,21,25). The maximum atomic E-state index is 12.9. The van der Waals surface area contributed by atoms with Gasteiger partial charge in [0.1, 0.15) is 0 Å². The molecule has 2 aromatic rings. The zero-order chi connectivity index (χ0) is 18.9. The number of halogens is 4. The van der Waals surface area contributed by atoms with Gasteiger partial charge in [-0.1, -0.05) is 16.8 Å². The monoisotopic (exact) mass is 388 g/mol. The first-order chi connectivity index (χ1) is 12.2. The van der Waals surface area contributed by atoms with E-state index >= 15 is 0 Å². The van der Waals surface area contributed by atoms with Crippen LogP contribution in [0.15, 0.2) is 22.7 Å². The van der Waals surface area contributed by atoms with Crippen LogP contribution in [-0.4, -0.2) is 34.5 Å². The van der Waals surface area contributed by atoms with Gasteiger partial charge in [-0.15, -0.1) is 0 Å². The fraction of sp³-hybridized carbons (Fsp3) is 0.438. The maximum absolute atomic E-state index is 12.9. The van der Waals surface area contributed by atoms with E-state index in [0.717, 1.165) is 25.0 Å². The zero-order valence-electron chi connectivity index (χ0n) is 13.8. The summed E-state index contributed by atoms with van der Waals surface area (Å²) >= 11 is 5.56. The first-order valence-electron chi connectivity index (χ1n) is 7.90. The molecule has 1 aromatic heterocycles. The van der Waals surface area contributed by atoms with E-state index in [9.17, 15) is 18.0 Å². The van der Waals surface area contributed by atoms with Crippen LogP contribution < -0.4 is 5.32 Å². The Kier molecular flexibility index (Phi) is 5.19. The molecule has 0 unspecified atom stereocenters. The Hall–Kier alpha value is -2.13. The number of benzene rings is 1. The molecule has 0 saturated heterocycles. The average molecular weight is 389 g/mol. The van der Waals surface area contributed by atoms with E-state index in [4.69, 9.17) is 16.1 Å². The number of carbonyl (C=O) groups is 1. The Labute approximate surface area is 152 Å². The minimum absolute atomic E-state index is 0.0222. The second-order valence-electron chi connectivity index (χ2n) is 6.23. The van der Waals surface area contributed by atoms with Crippen LogP contribution in [0.25, 0.3) is 0 Å². The molecule has 0 aliphatic heterocycles. The van der Waals surface area contributed by atoms with Crippen molar-refractivity contribution in [1.29, 1.82) is 0 Å². The molecule has 1 N–H and O–H groups in total. The van der Waals surface area contributed by atoms with Crippen molar-refractivity contribution in [3.63, 3.8) is 0 Å². The number of hydrogen-bond acceptors (Lipinski definition) is 5. The van der Waals surface area contributed by atoms with E-state index in [1.165, 1.54) is 6.07 Å². The van der Waals surface area contributed by atoms with E-state index < -0.39 is 22.7 Å². The summed E-state index contributed by atoms with van der Waals surface area (Å²) in [6.45, 7) is 0.215. The Morgan fingerprint density at radius 2 is 2.15 bits per heavy atom. The summed E-state index contributed by atoms with van der Waals surface area (Å²) in [5.74, 6) is 0.977. The second-order valence-corrected chi connectivity index (χ2v) is 6.64.